The van der Waals surface area contributed by atoms with Crippen LogP contribution in [-0.2, 0) is 19.1 Å². The molecule has 0 unspecified atom stereocenters. The molecular weight excluding hydrogens is 390 g/mol. The molecule has 28 heavy (non-hydrogen) atoms. The van der Waals surface area contributed by atoms with Crippen LogP contribution in [0.3, 0.4) is 0 Å². The van der Waals surface area contributed by atoms with Crippen molar-refractivity contribution in [1.82, 2.24) is 5.32 Å². The molecule has 152 valence electrons. The van der Waals surface area contributed by atoms with Crippen molar-refractivity contribution in [2.45, 2.75) is 37.4 Å². The minimum Gasteiger partial charge on any atom is -0.478 e. The van der Waals surface area contributed by atoms with Crippen molar-refractivity contribution in [1.29, 1.82) is 0 Å². The lowest BCUT2D eigenvalue weighted by Gasteiger charge is -2.39. The molecule has 1 aliphatic heterocycles. The Labute approximate surface area is 165 Å². The maximum Gasteiger partial charge on any atom is 0.370 e. The topological polar surface area (TPSA) is 146 Å². The summed E-state index contributed by atoms with van der Waals surface area (Å²) in [7, 11) is 0. The van der Waals surface area contributed by atoms with Gasteiger partial charge in [0.05, 0.1) is 12.6 Å². The Balaban J connectivity index is 2.24. The fourth-order valence-electron chi connectivity index (χ4n) is 2.59. The molecule has 5 atom stereocenters. The van der Waals surface area contributed by atoms with E-state index >= 15 is 0 Å². The van der Waals surface area contributed by atoms with Crippen molar-refractivity contribution >= 4 is 23.2 Å². The number of hydrogen-bond donors (Lipinski definition) is 5. The Bertz CT molecular complexity index is 766. The van der Waals surface area contributed by atoms with E-state index in [1.807, 2.05) is 16.8 Å². The highest BCUT2D eigenvalue weighted by Gasteiger charge is 2.44. The minimum atomic E-state index is -1.67. The van der Waals surface area contributed by atoms with Gasteiger partial charge in [0.2, 0.25) is 11.7 Å². The molecule has 1 aromatic heterocycles. The molecule has 0 fully saturated rings. The summed E-state index contributed by atoms with van der Waals surface area (Å²) in [5.74, 6) is 3.26. The van der Waals surface area contributed by atoms with Crippen LogP contribution in [0, 0.1) is 11.8 Å². The zero-order valence-electron chi connectivity index (χ0n) is 14.9. The lowest BCUT2D eigenvalue weighted by Crippen LogP contribution is -2.60. The van der Waals surface area contributed by atoms with E-state index in [-0.39, 0.29) is 6.61 Å². The average Bonchev–Trinajstić information content (AvgIpc) is 3.17. The second-order valence-electron chi connectivity index (χ2n) is 5.97. The van der Waals surface area contributed by atoms with E-state index < -0.39 is 54.7 Å². The molecule has 0 aliphatic carbocycles. The third kappa shape index (κ3) is 5.79. The molecule has 0 bridgehead atoms. The zero-order valence-corrected chi connectivity index (χ0v) is 15.8. The maximum absolute atomic E-state index is 11.6. The van der Waals surface area contributed by atoms with Crippen LogP contribution in [0.25, 0.3) is 0 Å². The average molecular weight is 411 g/mol. The van der Waals surface area contributed by atoms with E-state index in [1.54, 1.807) is 0 Å². The third-order valence-electron chi connectivity index (χ3n) is 3.89. The highest BCUT2D eigenvalue weighted by atomic mass is 32.1. The Hall–Kier alpha value is -2.42. The number of carboxylic acid groups (broad SMARTS) is 1. The van der Waals surface area contributed by atoms with E-state index in [2.05, 4.69) is 17.2 Å². The van der Waals surface area contributed by atoms with Crippen LogP contribution < -0.4 is 5.32 Å². The van der Waals surface area contributed by atoms with Crippen molar-refractivity contribution in [3.8, 4) is 11.8 Å². The van der Waals surface area contributed by atoms with Crippen LogP contribution >= 0.6 is 11.3 Å². The molecule has 0 aromatic carbocycles. The van der Waals surface area contributed by atoms with Crippen molar-refractivity contribution in [2.24, 2.45) is 0 Å². The number of aliphatic hydroxyl groups excluding tert-OH is 3. The lowest BCUT2D eigenvalue weighted by molar-refractivity contribution is -0.151. The fraction of sp³-hybridized carbons (Fsp3) is 0.444. The monoisotopic (exact) mass is 411 g/mol. The molecule has 10 heteroatoms. The summed E-state index contributed by atoms with van der Waals surface area (Å²) < 4.78 is 10.9. The number of nitrogens with one attached hydrogen (secondary N) is 1. The van der Waals surface area contributed by atoms with E-state index in [9.17, 15) is 24.9 Å². The summed E-state index contributed by atoms with van der Waals surface area (Å²) >= 11 is 1.49. The summed E-state index contributed by atoms with van der Waals surface area (Å²) in [6.07, 6.45) is -4.48. The van der Waals surface area contributed by atoms with Gasteiger partial charge in [0, 0.05) is 17.9 Å². The molecule has 9 nitrogen and oxygen atoms in total. The van der Waals surface area contributed by atoms with Gasteiger partial charge in [0.1, 0.15) is 24.9 Å². The molecule has 1 aromatic rings. The summed E-state index contributed by atoms with van der Waals surface area (Å²) in [5, 5.41) is 44.6. The molecule has 2 rings (SSSR count). The SMILES string of the molecule is CC(=O)N[C@H]1[C@H]([C@H](O)[C@H](O)CO)OC(C(=O)O)=C[C@@H]1OCC#Cc1ccsc1. The molecule has 0 radical (unpaired) electrons. The molecule has 2 heterocycles. The van der Waals surface area contributed by atoms with E-state index in [0.29, 0.717) is 0 Å². The van der Waals surface area contributed by atoms with Crippen molar-refractivity contribution in [3.63, 3.8) is 0 Å². The fourth-order valence-corrected chi connectivity index (χ4v) is 3.18. The van der Waals surface area contributed by atoms with Crippen molar-refractivity contribution in [3.05, 3.63) is 34.2 Å². The Kier molecular flexibility index (Phi) is 7.98. The maximum atomic E-state index is 11.6. The molecule has 1 amide bonds. The number of thiophene rings is 1. The van der Waals surface area contributed by atoms with Gasteiger partial charge >= 0.3 is 5.97 Å². The predicted octanol–water partition coefficient (Wildman–Crippen LogP) is -0.929. The third-order valence-corrected chi connectivity index (χ3v) is 4.57. The normalized spacial score (nSPS) is 23.4. The molecule has 1 aliphatic rings. The van der Waals surface area contributed by atoms with Crippen LogP contribution in [0.15, 0.2) is 28.7 Å². The van der Waals surface area contributed by atoms with Crippen molar-refractivity contribution < 1.29 is 39.5 Å². The molecule has 5 N–H and O–H groups in total. The van der Waals surface area contributed by atoms with Gasteiger partial charge in [0.15, 0.2) is 6.10 Å². The molecule has 0 spiro atoms. The first-order valence-corrected chi connectivity index (χ1v) is 9.26. The standard InChI is InChI=1S/C18H21NO8S/c1-10(21)19-15-13(26-5-2-3-11-4-6-28-9-11)7-14(18(24)25)27-17(15)16(23)12(22)8-20/h4,6-7,9,12-13,15-17,20,22-23H,5,8H2,1H3,(H,19,21)(H,24,25)/t12-,13+,15-,16-,17-/m1/s1. The summed E-state index contributed by atoms with van der Waals surface area (Å²) in [6.45, 7) is 0.374. The summed E-state index contributed by atoms with van der Waals surface area (Å²) in [4.78, 5) is 23.0. The number of aliphatic hydroxyl groups is 3. The second kappa shape index (κ2) is 10.2. The zero-order chi connectivity index (χ0) is 20.7. The number of carboxylic acids is 1. The predicted molar refractivity (Wildman–Crippen MR) is 98.2 cm³/mol. The van der Waals surface area contributed by atoms with E-state index in [4.69, 9.17) is 14.6 Å². The van der Waals surface area contributed by atoms with Gasteiger partial charge in [-0.15, -0.1) is 0 Å². The van der Waals surface area contributed by atoms with Crippen LogP contribution in [0.5, 0.6) is 0 Å². The van der Waals surface area contributed by atoms with E-state index in [0.717, 1.165) is 11.6 Å². The molecule has 0 saturated carbocycles. The van der Waals surface area contributed by atoms with Crippen LogP contribution in [-0.4, -0.2) is 76.0 Å². The lowest BCUT2D eigenvalue weighted by atomic mass is 9.93. The number of carbonyl (C=O) groups is 2. The van der Waals surface area contributed by atoms with Gasteiger partial charge in [0.25, 0.3) is 0 Å². The summed E-state index contributed by atoms with van der Waals surface area (Å²) in [5.41, 5.74) is 0.806. The number of ether oxygens (including phenoxy) is 2. The number of rotatable bonds is 7. The van der Waals surface area contributed by atoms with Gasteiger partial charge in [-0.25, -0.2) is 4.79 Å². The number of hydrogen-bond acceptors (Lipinski definition) is 8. The smallest absolute Gasteiger partial charge is 0.370 e. The van der Waals surface area contributed by atoms with Crippen LogP contribution in [0.2, 0.25) is 0 Å². The Morgan fingerprint density at radius 1 is 1.43 bits per heavy atom. The number of aliphatic carboxylic acids is 1. The minimum absolute atomic E-state index is 0.0780. The molecular formula is C18H21NO8S. The van der Waals surface area contributed by atoms with Crippen LogP contribution in [0.4, 0.5) is 0 Å². The highest BCUT2D eigenvalue weighted by Crippen LogP contribution is 2.24. The largest absolute Gasteiger partial charge is 0.478 e. The van der Waals surface area contributed by atoms with Gasteiger partial charge in [-0.05, 0) is 17.5 Å². The van der Waals surface area contributed by atoms with Gasteiger partial charge < -0.3 is 35.2 Å². The first kappa shape index (κ1) is 21.9. The van der Waals surface area contributed by atoms with E-state index in [1.165, 1.54) is 18.3 Å². The van der Waals surface area contributed by atoms with Gasteiger partial charge in [-0.2, -0.15) is 11.3 Å². The highest BCUT2D eigenvalue weighted by molar-refractivity contribution is 7.08. The number of carbonyl (C=O) groups excluding carboxylic acids is 1. The van der Waals surface area contributed by atoms with Gasteiger partial charge in [-0.3, -0.25) is 4.79 Å². The Morgan fingerprint density at radius 3 is 2.75 bits per heavy atom. The van der Waals surface area contributed by atoms with Crippen LogP contribution in [0.1, 0.15) is 12.5 Å². The summed E-state index contributed by atoms with van der Waals surface area (Å²) in [6, 6.07) is 0.817. The number of amides is 1. The van der Waals surface area contributed by atoms with Crippen molar-refractivity contribution in [2.75, 3.05) is 13.2 Å². The van der Waals surface area contributed by atoms with Gasteiger partial charge in [-0.1, -0.05) is 11.8 Å². The first-order valence-electron chi connectivity index (χ1n) is 8.32. The second-order valence-corrected chi connectivity index (χ2v) is 6.75. The molecule has 0 saturated heterocycles. The first-order chi connectivity index (χ1) is 13.3. The quantitative estimate of drug-likeness (QED) is 0.362. The Morgan fingerprint density at radius 2 is 2.18 bits per heavy atom.